The molecule has 1 saturated heterocycles. The Balaban J connectivity index is 2.20. The van der Waals surface area contributed by atoms with Crippen LogP contribution in [0.2, 0.25) is 0 Å². The number of nitrogens with two attached hydrogens (primary N) is 1. The molecule has 1 aromatic heterocycles. The number of anilines is 1. The molecule has 0 aliphatic carbocycles. The quantitative estimate of drug-likeness (QED) is 0.590. The van der Waals surface area contributed by atoms with Crippen molar-refractivity contribution >= 4 is 13.7 Å². The number of aliphatic hydroxyl groups excluding tert-OH is 1. The van der Waals surface area contributed by atoms with Crippen LogP contribution in [-0.4, -0.2) is 61.8 Å². The summed E-state index contributed by atoms with van der Waals surface area (Å²) in [5.74, 6) is 0.133. The van der Waals surface area contributed by atoms with E-state index in [1.165, 1.54) is 16.8 Å². The van der Waals surface area contributed by atoms with E-state index in [4.69, 9.17) is 15.0 Å². The van der Waals surface area contributed by atoms with Gasteiger partial charge in [0.25, 0.3) is 0 Å². The summed E-state index contributed by atoms with van der Waals surface area (Å²) in [5, 5.41) is 9.66. The van der Waals surface area contributed by atoms with Gasteiger partial charge in [0, 0.05) is 24.7 Å². The SMILES string of the molecule is CC(C)N(C(C)C)[P+](C)(O)O[C@H]1C[C@H](n2ccc(N)nc2=O)O[C@@H]1CO. The van der Waals surface area contributed by atoms with Crippen molar-refractivity contribution in [2.24, 2.45) is 0 Å². The van der Waals surface area contributed by atoms with Gasteiger partial charge in [0.05, 0.1) is 6.61 Å². The minimum atomic E-state index is -2.88. The van der Waals surface area contributed by atoms with Crippen molar-refractivity contribution in [3.63, 3.8) is 0 Å². The van der Waals surface area contributed by atoms with Crippen molar-refractivity contribution in [2.45, 2.75) is 64.6 Å². The fourth-order valence-electron chi connectivity index (χ4n) is 3.56. The highest BCUT2D eigenvalue weighted by atomic mass is 31.2. The van der Waals surface area contributed by atoms with E-state index in [0.29, 0.717) is 6.42 Å². The topological polar surface area (TPSA) is 123 Å². The van der Waals surface area contributed by atoms with Gasteiger partial charge in [0.1, 0.15) is 30.9 Å². The van der Waals surface area contributed by atoms with Gasteiger partial charge < -0.3 is 15.6 Å². The van der Waals surface area contributed by atoms with E-state index in [-0.39, 0.29) is 24.5 Å². The van der Waals surface area contributed by atoms with E-state index in [1.54, 1.807) is 6.66 Å². The number of aliphatic hydroxyl groups is 1. The largest absolute Gasteiger partial charge is 0.394 e. The Morgan fingerprint density at radius 3 is 2.58 bits per heavy atom. The smallest absolute Gasteiger partial charge is 0.351 e. The van der Waals surface area contributed by atoms with Gasteiger partial charge in [0.15, 0.2) is 0 Å². The Morgan fingerprint density at radius 2 is 2.08 bits per heavy atom. The summed E-state index contributed by atoms with van der Waals surface area (Å²) in [4.78, 5) is 26.7. The average Bonchev–Trinajstić information content (AvgIpc) is 2.87. The third-order valence-corrected chi connectivity index (χ3v) is 6.79. The van der Waals surface area contributed by atoms with Crippen molar-refractivity contribution in [1.29, 1.82) is 0 Å². The van der Waals surface area contributed by atoms with E-state index >= 15 is 0 Å². The van der Waals surface area contributed by atoms with E-state index in [0.717, 1.165) is 0 Å². The number of ether oxygens (including phenoxy) is 1. The molecular weight excluding hydrogens is 359 g/mol. The fraction of sp³-hybridized carbons (Fsp3) is 0.750. The molecule has 1 aromatic rings. The summed E-state index contributed by atoms with van der Waals surface area (Å²) in [6, 6.07) is 1.69. The predicted octanol–water partition coefficient (Wildman–Crippen LogP) is 0.994. The Hall–Kier alpha value is -1.09. The molecule has 0 amide bonds. The van der Waals surface area contributed by atoms with Crippen LogP contribution in [0.5, 0.6) is 0 Å². The molecule has 4 N–H and O–H groups in total. The lowest BCUT2D eigenvalue weighted by Crippen LogP contribution is -2.39. The van der Waals surface area contributed by atoms with Crippen molar-refractivity contribution in [3.8, 4) is 0 Å². The second-order valence-corrected chi connectivity index (χ2v) is 9.48. The van der Waals surface area contributed by atoms with Crippen LogP contribution in [0.15, 0.2) is 17.1 Å². The zero-order chi connectivity index (χ0) is 19.6. The summed E-state index contributed by atoms with van der Waals surface area (Å²) in [6.07, 6.45) is 0.00409. The number of rotatable bonds is 7. The van der Waals surface area contributed by atoms with Gasteiger partial charge in [-0.3, -0.25) is 4.57 Å². The van der Waals surface area contributed by atoms with Gasteiger partial charge in [-0.2, -0.15) is 9.51 Å². The maximum Gasteiger partial charge on any atom is 0.351 e. The van der Waals surface area contributed by atoms with Gasteiger partial charge in [-0.05, 0) is 33.8 Å². The molecule has 1 aliphatic rings. The first-order valence-electron chi connectivity index (χ1n) is 8.74. The second-order valence-electron chi connectivity index (χ2n) is 7.14. The first kappa shape index (κ1) is 21.2. The van der Waals surface area contributed by atoms with Crippen LogP contribution in [0.3, 0.4) is 0 Å². The van der Waals surface area contributed by atoms with E-state index < -0.39 is 32.0 Å². The summed E-state index contributed by atoms with van der Waals surface area (Å²) < 4.78 is 15.1. The molecule has 1 aliphatic heterocycles. The average molecular weight is 389 g/mol. The molecule has 10 heteroatoms. The molecule has 0 saturated carbocycles. The highest BCUT2D eigenvalue weighted by Crippen LogP contribution is 2.60. The van der Waals surface area contributed by atoms with Gasteiger partial charge >= 0.3 is 13.6 Å². The summed E-state index contributed by atoms with van der Waals surface area (Å²) in [6.45, 7) is 9.39. The van der Waals surface area contributed by atoms with Crippen LogP contribution in [0.4, 0.5) is 5.82 Å². The van der Waals surface area contributed by atoms with Gasteiger partial charge in [-0.15, -0.1) is 4.67 Å². The van der Waals surface area contributed by atoms with Crippen molar-refractivity contribution < 1.29 is 19.3 Å². The first-order chi connectivity index (χ1) is 12.1. The zero-order valence-corrected chi connectivity index (χ0v) is 16.8. The van der Waals surface area contributed by atoms with Gasteiger partial charge in [-0.25, -0.2) is 9.69 Å². The van der Waals surface area contributed by atoms with E-state index in [1.807, 2.05) is 32.4 Å². The van der Waals surface area contributed by atoms with Crippen LogP contribution in [0, 0.1) is 0 Å². The molecule has 148 valence electrons. The lowest BCUT2D eigenvalue weighted by atomic mass is 10.2. The van der Waals surface area contributed by atoms with Crippen molar-refractivity contribution in [2.75, 3.05) is 19.0 Å². The van der Waals surface area contributed by atoms with Crippen LogP contribution in [-0.2, 0) is 9.26 Å². The molecule has 1 unspecified atom stereocenters. The lowest BCUT2D eigenvalue weighted by molar-refractivity contribution is -0.0441. The van der Waals surface area contributed by atoms with Crippen LogP contribution < -0.4 is 11.4 Å². The zero-order valence-electron chi connectivity index (χ0n) is 15.9. The molecule has 4 atom stereocenters. The summed E-state index contributed by atoms with van der Waals surface area (Å²) >= 11 is 0. The summed E-state index contributed by atoms with van der Waals surface area (Å²) in [7, 11) is -2.88. The lowest BCUT2D eigenvalue weighted by Gasteiger charge is -2.34. The molecule has 0 aromatic carbocycles. The minimum Gasteiger partial charge on any atom is -0.394 e. The third kappa shape index (κ3) is 4.60. The Bertz CT molecular complexity index is 658. The first-order valence-corrected chi connectivity index (χ1v) is 10.8. The standard InChI is InChI=1S/C16H29N4O5P/c1-10(2)20(11(3)4)26(5,23)25-12-8-15(24-13(12)9-21)19-7-6-14(17)18-16(19)22/h6-7,10-13,15,21,23H,8-9H2,1-5H3,(H-,17,18,22)/p+1/t12-,13+,15+,26?/m0/s1. The predicted molar refractivity (Wildman–Crippen MR) is 101 cm³/mol. The number of nitrogens with zero attached hydrogens (tertiary/aromatic N) is 3. The van der Waals surface area contributed by atoms with Gasteiger partial charge in [0.2, 0.25) is 0 Å². The van der Waals surface area contributed by atoms with Crippen LogP contribution in [0.1, 0.15) is 40.3 Å². The van der Waals surface area contributed by atoms with Crippen LogP contribution in [0.25, 0.3) is 0 Å². The molecule has 26 heavy (non-hydrogen) atoms. The van der Waals surface area contributed by atoms with Gasteiger partial charge in [-0.1, -0.05) is 0 Å². The Labute approximate surface area is 154 Å². The molecular formula is C16H30N4O5P+. The molecule has 2 heterocycles. The molecule has 0 spiro atoms. The normalized spacial score (nSPS) is 26.0. The highest BCUT2D eigenvalue weighted by Gasteiger charge is 2.50. The molecule has 2 rings (SSSR count). The van der Waals surface area contributed by atoms with E-state index in [9.17, 15) is 14.8 Å². The Kier molecular flexibility index (Phi) is 6.76. The van der Waals surface area contributed by atoms with E-state index in [2.05, 4.69) is 4.98 Å². The maximum absolute atomic E-state index is 12.0. The van der Waals surface area contributed by atoms with Crippen molar-refractivity contribution in [1.82, 2.24) is 14.2 Å². The number of nitrogen functional groups attached to an aromatic ring is 1. The number of aromatic nitrogens is 2. The number of hydrogen-bond acceptors (Lipinski definition) is 8. The van der Waals surface area contributed by atoms with Crippen molar-refractivity contribution in [3.05, 3.63) is 22.7 Å². The summed E-state index contributed by atoms with van der Waals surface area (Å²) in [5.41, 5.74) is 4.99. The maximum atomic E-state index is 12.0. The molecule has 1 fully saturated rings. The number of hydrogen-bond donors (Lipinski definition) is 3. The third-order valence-electron chi connectivity index (χ3n) is 4.34. The molecule has 0 bridgehead atoms. The second kappa shape index (κ2) is 8.29. The molecule has 9 nitrogen and oxygen atoms in total. The fourth-order valence-corrected chi connectivity index (χ4v) is 6.11. The monoisotopic (exact) mass is 389 g/mol. The Morgan fingerprint density at radius 1 is 1.46 bits per heavy atom. The van der Waals surface area contributed by atoms with Crippen LogP contribution >= 0.6 is 7.87 Å². The molecule has 0 radical (unpaired) electrons. The highest BCUT2D eigenvalue weighted by molar-refractivity contribution is 7.62. The minimum absolute atomic E-state index is 0.0907.